The molecular weight excluding hydrogens is 530 g/mol. The maximum absolute atomic E-state index is 13.5. The Kier molecular flexibility index (Phi) is 11.7. The van der Waals surface area contributed by atoms with Gasteiger partial charge in [0, 0.05) is 25.6 Å². The van der Waals surface area contributed by atoms with Crippen molar-refractivity contribution in [3.05, 3.63) is 54.1 Å². The van der Waals surface area contributed by atoms with Crippen LogP contribution in [0.4, 0.5) is 5.69 Å². The first-order valence-corrected chi connectivity index (χ1v) is 15.9. The van der Waals surface area contributed by atoms with Gasteiger partial charge in [-0.15, -0.1) is 0 Å². The van der Waals surface area contributed by atoms with E-state index >= 15 is 0 Å². The fourth-order valence-corrected chi connectivity index (χ4v) is 5.92. The van der Waals surface area contributed by atoms with Crippen molar-refractivity contribution in [3.8, 4) is 11.5 Å². The van der Waals surface area contributed by atoms with Crippen LogP contribution in [0.3, 0.4) is 0 Å². The first-order valence-electron chi connectivity index (χ1n) is 14.1. The van der Waals surface area contributed by atoms with E-state index in [-0.39, 0.29) is 37.4 Å². The van der Waals surface area contributed by atoms with Gasteiger partial charge in [-0.2, -0.15) is 0 Å². The number of hydrogen-bond donors (Lipinski definition) is 1. The van der Waals surface area contributed by atoms with Crippen LogP contribution in [0.1, 0.15) is 64.4 Å². The molecule has 2 aromatic carbocycles. The van der Waals surface area contributed by atoms with Crippen LogP contribution in [0.25, 0.3) is 0 Å². The van der Waals surface area contributed by atoms with Crippen LogP contribution >= 0.6 is 0 Å². The molecule has 0 spiro atoms. The zero-order valence-electron chi connectivity index (χ0n) is 24.1. The summed E-state index contributed by atoms with van der Waals surface area (Å²) in [6.45, 7) is 4.55. The second kappa shape index (κ2) is 14.9. The van der Waals surface area contributed by atoms with Crippen molar-refractivity contribution in [1.29, 1.82) is 0 Å². The molecule has 0 bridgehead atoms. The normalized spacial score (nSPS) is 14.7. The van der Waals surface area contributed by atoms with Gasteiger partial charge in [-0.05, 0) is 75.1 Å². The Morgan fingerprint density at radius 3 is 2.20 bits per heavy atom. The van der Waals surface area contributed by atoms with Gasteiger partial charge in [0.25, 0.3) is 0 Å². The van der Waals surface area contributed by atoms with E-state index in [1.54, 1.807) is 43.2 Å². The van der Waals surface area contributed by atoms with Gasteiger partial charge in [0.15, 0.2) is 0 Å². The Morgan fingerprint density at radius 1 is 1.00 bits per heavy atom. The smallest absolute Gasteiger partial charge is 0.242 e. The summed E-state index contributed by atoms with van der Waals surface area (Å²) in [6, 6.07) is 13.7. The third kappa shape index (κ3) is 9.15. The molecule has 0 saturated heterocycles. The molecule has 0 radical (unpaired) electrons. The number of anilines is 1. The second-order valence-corrected chi connectivity index (χ2v) is 12.2. The Balaban J connectivity index is 1.71. The highest BCUT2D eigenvalue weighted by Crippen LogP contribution is 2.23. The highest BCUT2D eigenvalue weighted by Gasteiger charge is 2.28. The summed E-state index contributed by atoms with van der Waals surface area (Å²) in [7, 11) is -1.98. The number of carbonyl (C=O) groups is 2. The lowest BCUT2D eigenvalue weighted by Crippen LogP contribution is -2.50. The zero-order valence-corrected chi connectivity index (χ0v) is 24.9. The molecule has 1 atom stereocenters. The van der Waals surface area contributed by atoms with Crippen molar-refractivity contribution < 1.29 is 27.5 Å². The molecule has 2 amide bonds. The van der Waals surface area contributed by atoms with Gasteiger partial charge >= 0.3 is 0 Å². The summed E-state index contributed by atoms with van der Waals surface area (Å²) < 4.78 is 37.1. The van der Waals surface area contributed by atoms with Gasteiger partial charge in [0.1, 0.15) is 17.5 Å². The number of methoxy groups -OCH3 is 1. The third-order valence-corrected chi connectivity index (χ3v) is 8.41. The number of amides is 2. The molecule has 220 valence electrons. The van der Waals surface area contributed by atoms with E-state index in [9.17, 15) is 18.0 Å². The van der Waals surface area contributed by atoms with E-state index in [0.29, 0.717) is 30.2 Å². The summed E-state index contributed by atoms with van der Waals surface area (Å²) in [4.78, 5) is 28.3. The standard InChI is InChI=1S/C30H43N3O6S/c1-5-39-28-19-15-26(16-20-28)33(40(4,36)37)21-9-12-29(34)32(22-24-13-17-27(38-3)18-14-24)23(2)30(35)31-25-10-7-6-8-11-25/h13-20,23,25H,5-12,21-22H2,1-4H3,(H,31,35)/t23-/m1/s1. The molecule has 1 saturated carbocycles. The monoisotopic (exact) mass is 573 g/mol. The molecule has 1 N–H and O–H groups in total. The summed E-state index contributed by atoms with van der Waals surface area (Å²) in [5.41, 5.74) is 1.38. The second-order valence-electron chi connectivity index (χ2n) is 10.3. The number of carbonyl (C=O) groups excluding carboxylic acids is 2. The molecule has 0 unspecified atom stereocenters. The maximum Gasteiger partial charge on any atom is 0.242 e. The number of nitrogens with zero attached hydrogens (tertiary/aromatic N) is 2. The number of ether oxygens (including phenoxy) is 2. The van der Waals surface area contributed by atoms with Crippen molar-refractivity contribution in [3.63, 3.8) is 0 Å². The van der Waals surface area contributed by atoms with Crippen LogP contribution in [0.2, 0.25) is 0 Å². The lowest BCUT2D eigenvalue weighted by atomic mass is 9.95. The van der Waals surface area contributed by atoms with Crippen molar-refractivity contribution in [2.75, 3.05) is 30.8 Å². The summed E-state index contributed by atoms with van der Waals surface area (Å²) >= 11 is 0. The average molecular weight is 574 g/mol. The molecule has 0 heterocycles. The van der Waals surface area contributed by atoms with Crippen molar-refractivity contribution in [2.24, 2.45) is 0 Å². The summed E-state index contributed by atoms with van der Waals surface area (Å²) in [5, 5.41) is 3.14. The largest absolute Gasteiger partial charge is 0.497 e. The Hall–Kier alpha value is -3.27. The lowest BCUT2D eigenvalue weighted by molar-refractivity contribution is -0.141. The molecule has 1 fully saturated rings. The van der Waals surface area contributed by atoms with Crippen LogP contribution in [0.5, 0.6) is 11.5 Å². The Labute approximate surface area is 238 Å². The number of benzene rings is 2. The summed E-state index contributed by atoms with van der Waals surface area (Å²) in [5.74, 6) is 0.993. The van der Waals surface area contributed by atoms with E-state index in [2.05, 4.69) is 5.32 Å². The van der Waals surface area contributed by atoms with E-state index in [1.165, 1.54) is 10.7 Å². The van der Waals surface area contributed by atoms with Gasteiger partial charge < -0.3 is 19.7 Å². The average Bonchev–Trinajstić information content (AvgIpc) is 2.94. The molecule has 1 aliphatic carbocycles. The number of nitrogens with one attached hydrogen (secondary N) is 1. The van der Waals surface area contributed by atoms with Gasteiger partial charge in [-0.1, -0.05) is 31.4 Å². The van der Waals surface area contributed by atoms with Gasteiger partial charge in [-0.25, -0.2) is 8.42 Å². The van der Waals surface area contributed by atoms with Crippen molar-refractivity contribution >= 4 is 27.5 Å². The van der Waals surface area contributed by atoms with Crippen molar-refractivity contribution in [1.82, 2.24) is 10.2 Å². The van der Waals surface area contributed by atoms with Crippen LogP contribution in [0, 0.1) is 0 Å². The summed E-state index contributed by atoms with van der Waals surface area (Å²) in [6.07, 6.45) is 6.84. The first kappa shape index (κ1) is 31.3. The molecule has 40 heavy (non-hydrogen) atoms. The Bertz CT molecular complexity index is 1190. The van der Waals surface area contributed by atoms with Crippen LogP contribution < -0.4 is 19.1 Å². The fraction of sp³-hybridized carbons (Fsp3) is 0.533. The van der Waals surface area contributed by atoms with Crippen LogP contribution in [-0.2, 0) is 26.2 Å². The number of rotatable bonds is 14. The Morgan fingerprint density at radius 2 is 1.62 bits per heavy atom. The molecule has 3 rings (SSSR count). The third-order valence-electron chi connectivity index (χ3n) is 7.22. The van der Waals surface area contributed by atoms with Gasteiger partial charge in [0.05, 0.1) is 25.7 Å². The zero-order chi connectivity index (χ0) is 29.1. The topological polar surface area (TPSA) is 105 Å². The lowest BCUT2D eigenvalue weighted by Gasteiger charge is -2.31. The molecular formula is C30H43N3O6S. The predicted molar refractivity (Wildman–Crippen MR) is 157 cm³/mol. The minimum atomic E-state index is -3.57. The molecule has 9 nitrogen and oxygen atoms in total. The van der Waals surface area contributed by atoms with E-state index in [0.717, 1.165) is 37.5 Å². The highest BCUT2D eigenvalue weighted by molar-refractivity contribution is 7.92. The fourth-order valence-electron chi connectivity index (χ4n) is 4.96. The number of hydrogen-bond acceptors (Lipinski definition) is 6. The molecule has 0 aromatic heterocycles. The highest BCUT2D eigenvalue weighted by atomic mass is 32.2. The molecule has 1 aliphatic rings. The molecule has 0 aliphatic heterocycles. The van der Waals surface area contributed by atoms with E-state index in [1.807, 2.05) is 31.2 Å². The van der Waals surface area contributed by atoms with E-state index in [4.69, 9.17) is 9.47 Å². The predicted octanol–water partition coefficient (Wildman–Crippen LogP) is 4.51. The minimum absolute atomic E-state index is 0.0975. The van der Waals surface area contributed by atoms with Crippen LogP contribution in [0.15, 0.2) is 48.5 Å². The molecule has 2 aromatic rings. The maximum atomic E-state index is 13.5. The molecule has 10 heteroatoms. The van der Waals surface area contributed by atoms with Gasteiger partial charge in [-0.3, -0.25) is 13.9 Å². The van der Waals surface area contributed by atoms with E-state index < -0.39 is 16.1 Å². The number of sulfonamides is 1. The quantitative estimate of drug-likeness (QED) is 0.357. The van der Waals surface area contributed by atoms with Crippen molar-refractivity contribution in [2.45, 2.75) is 77.4 Å². The van der Waals surface area contributed by atoms with Gasteiger partial charge in [0.2, 0.25) is 21.8 Å². The SMILES string of the molecule is CCOc1ccc(N(CCCC(=O)N(Cc2ccc(OC)cc2)[C@H](C)C(=O)NC2CCCCC2)S(C)(=O)=O)cc1. The first-order chi connectivity index (χ1) is 19.1. The van der Waals surface area contributed by atoms with Crippen LogP contribution in [-0.4, -0.2) is 63.7 Å². The minimum Gasteiger partial charge on any atom is -0.497 e.